The SMILES string of the molecule is Cc1cc(Cl)ccc1-c1ccc(C(=O)O)c(F)c1. The quantitative estimate of drug-likeness (QED) is 0.885. The van der Waals surface area contributed by atoms with Crippen LogP contribution in [0.3, 0.4) is 0 Å². The molecule has 0 saturated heterocycles. The zero-order chi connectivity index (χ0) is 13.3. The van der Waals surface area contributed by atoms with Crippen molar-refractivity contribution in [3.63, 3.8) is 0 Å². The van der Waals surface area contributed by atoms with Crippen LogP contribution >= 0.6 is 11.6 Å². The van der Waals surface area contributed by atoms with Crippen molar-refractivity contribution < 1.29 is 14.3 Å². The van der Waals surface area contributed by atoms with Gasteiger partial charge in [-0.3, -0.25) is 0 Å². The van der Waals surface area contributed by atoms with E-state index in [0.717, 1.165) is 11.1 Å². The fourth-order valence-electron chi connectivity index (χ4n) is 1.81. The van der Waals surface area contributed by atoms with Crippen molar-refractivity contribution in [1.29, 1.82) is 0 Å². The summed E-state index contributed by atoms with van der Waals surface area (Å²) in [7, 11) is 0. The number of carbonyl (C=O) groups is 1. The molecule has 0 radical (unpaired) electrons. The fraction of sp³-hybridized carbons (Fsp3) is 0.0714. The molecule has 0 spiro atoms. The standard InChI is InChI=1S/C14H10ClFO2/c1-8-6-10(15)3-5-11(8)9-2-4-12(14(17)18)13(16)7-9/h2-7H,1H3,(H,17,18). The molecule has 0 saturated carbocycles. The van der Waals surface area contributed by atoms with Gasteiger partial charge in [-0.2, -0.15) is 0 Å². The number of carboxylic acids is 1. The number of hydrogen-bond donors (Lipinski definition) is 1. The van der Waals surface area contributed by atoms with Gasteiger partial charge in [0.05, 0.1) is 5.56 Å². The Bertz CT molecular complexity index is 623. The van der Waals surface area contributed by atoms with E-state index in [0.29, 0.717) is 10.6 Å². The van der Waals surface area contributed by atoms with Crippen LogP contribution in [0.5, 0.6) is 0 Å². The smallest absolute Gasteiger partial charge is 0.338 e. The molecule has 0 aliphatic heterocycles. The van der Waals surface area contributed by atoms with Crippen LogP contribution < -0.4 is 0 Å². The minimum absolute atomic E-state index is 0.328. The molecule has 0 atom stereocenters. The molecule has 2 aromatic carbocycles. The predicted octanol–water partition coefficient (Wildman–Crippen LogP) is 4.15. The molecule has 4 heteroatoms. The highest BCUT2D eigenvalue weighted by atomic mass is 35.5. The Kier molecular flexibility index (Phi) is 3.34. The van der Waals surface area contributed by atoms with Gasteiger partial charge in [-0.25, -0.2) is 9.18 Å². The highest BCUT2D eigenvalue weighted by Crippen LogP contribution is 2.27. The molecule has 2 rings (SSSR count). The molecule has 18 heavy (non-hydrogen) atoms. The summed E-state index contributed by atoms with van der Waals surface area (Å²) in [5.41, 5.74) is 2.04. The van der Waals surface area contributed by atoms with E-state index in [4.69, 9.17) is 16.7 Å². The van der Waals surface area contributed by atoms with E-state index < -0.39 is 11.8 Å². The highest BCUT2D eigenvalue weighted by Gasteiger charge is 2.12. The maximum absolute atomic E-state index is 13.6. The van der Waals surface area contributed by atoms with Crippen molar-refractivity contribution in [3.8, 4) is 11.1 Å². The summed E-state index contributed by atoms with van der Waals surface area (Å²) in [6.07, 6.45) is 0. The average molecular weight is 265 g/mol. The Morgan fingerprint density at radius 3 is 2.50 bits per heavy atom. The van der Waals surface area contributed by atoms with Crippen LogP contribution in [0.25, 0.3) is 11.1 Å². The molecule has 0 aliphatic rings. The van der Waals surface area contributed by atoms with Gasteiger partial charge in [0.1, 0.15) is 5.82 Å². The summed E-state index contributed by atoms with van der Waals surface area (Å²) in [5, 5.41) is 9.37. The first-order valence-electron chi connectivity index (χ1n) is 5.28. The topological polar surface area (TPSA) is 37.3 Å². The summed E-state index contributed by atoms with van der Waals surface area (Å²) in [6, 6.07) is 9.35. The van der Waals surface area contributed by atoms with Crippen molar-refractivity contribution in [2.75, 3.05) is 0 Å². The maximum atomic E-state index is 13.6. The normalized spacial score (nSPS) is 10.4. The van der Waals surface area contributed by atoms with Crippen molar-refractivity contribution in [3.05, 3.63) is 58.4 Å². The van der Waals surface area contributed by atoms with Crippen LogP contribution in [-0.2, 0) is 0 Å². The van der Waals surface area contributed by atoms with Crippen LogP contribution in [0.1, 0.15) is 15.9 Å². The van der Waals surface area contributed by atoms with Crippen LogP contribution in [0.4, 0.5) is 4.39 Å². The van der Waals surface area contributed by atoms with E-state index in [9.17, 15) is 9.18 Å². The molecule has 2 nitrogen and oxygen atoms in total. The summed E-state index contributed by atoms with van der Waals surface area (Å²) in [5.74, 6) is -2.01. The molecular formula is C14H10ClFO2. The van der Waals surface area contributed by atoms with E-state index >= 15 is 0 Å². The number of aryl methyl sites for hydroxylation is 1. The third kappa shape index (κ3) is 2.36. The zero-order valence-electron chi connectivity index (χ0n) is 9.58. The second-order valence-electron chi connectivity index (χ2n) is 3.96. The van der Waals surface area contributed by atoms with E-state index in [-0.39, 0.29) is 5.56 Å². The lowest BCUT2D eigenvalue weighted by Crippen LogP contribution is -2.00. The Morgan fingerprint density at radius 2 is 1.94 bits per heavy atom. The van der Waals surface area contributed by atoms with Gasteiger partial charge >= 0.3 is 5.97 Å². The van der Waals surface area contributed by atoms with Gasteiger partial charge in [0.25, 0.3) is 0 Å². The Hall–Kier alpha value is -1.87. The number of rotatable bonds is 2. The molecule has 2 aromatic rings. The third-order valence-electron chi connectivity index (χ3n) is 2.70. The van der Waals surface area contributed by atoms with Gasteiger partial charge < -0.3 is 5.11 Å². The van der Waals surface area contributed by atoms with Gasteiger partial charge in [0.2, 0.25) is 0 Å². The molecule has 0 heterocycles. The molecule has 92 valence electrons. The largest absolute Gasteiger partial charge is 0.478 e. The number of aromatic carboxylic acids is 1. The lowest BCUT2D eigenvalue weighted by Gasteiger charge is -2.07. The molecule has 0 amide bonds. The zero-order valence-corrected chi connectivity index (χ0v) is 10.3. The Labute approximate surface area is 109 Å². The molecule has 0 fully saturated rings. The van der Waals surface area contributed by atoms with Crippen molar-refractivity contribution in [2.45, 2.75) is 6.92 Å². The van der Waals surface area contributed by atoms with E-state index in [1.165, 1.54) is 12.1 Å². The fourth-order valence-corrected chi connectivity index (χ4v) is 2.03. The highest BCUT2D eigenvalue weighted by molar-refractivity contribution is 6.30. The molecule has 0 unspecified atom stereocenters. The number of carboxylic acid groups (broad SMARTS) is 1. The Balaban J connectivity index is 2.52. The average Bonchev–Trinajstić information content (AvgIpc) is 2.28. The molecule has 1 N–H and O–H groups in total. The first-order valence-corrected chi connectivity index (χ1v) is 5.66. The minimum Gasteiger partial charge on any atom is -0.478 e. The maximum Gasteiger partial charge on any atom is 0.338 e. The first kappa shape index (κ1) is 12.6. The second kappa shape index (κ2) is 4.78. The lowest BCUT2D eigenvalue weighted by molar-refractivity contribution is 0.0692. The van der Waals surface area contributed by atoms with Crippen molar-refractivity contribution in [2.24, 2.45) is 0 Å². The van der Waals surface area contributed by atoms with E-state index in [1.807, 2.05) is 6.92 Å². The first-order chi connectivity index (χ1) is 8.49. The number of benzene rings is 2. The van der Waals surface area contributed by atoms with E-state index in [1.54, 1.807) is 24.3 Å². The lowest BCUT2D eigenvalue weighted by atomic mass is 9.99. The molecule has 0 bridgehead atoms. The molecular weight excluding hydrogens is 255 g/mol. The predicted molar refractivity (Wildman–Crippen MR) is 68.5 cm³/mol. The third-order valence-corrected chi connectivity index (χ3v) is 2.93. The van der Waals surface area contributed by atoms with Crippen LogP contribution in [0.15, 0.2) is 36.4 Å². The van der Waals surface area contributed by atoms with Gasteiger partial charge in [-0.1, -0.05) is 23.7 Å². The second-order valence-corrected chi connectivity index (χ2v) is 4.40. The van der Waals surface area contributed by atoms with Crippen LogP contribution in [0.2, 0.25) is 5.02 Å². The minimum atomic E-state index is -1.27. The van der Waals surface area contributed by atoms with Gasteiger partial charge in [0.15, 0.2) is 0 Å². The summed E-state index contributed by atoms with van der Waals surface area (Å²) < 4.78 is 13.6. The molecule has 0 aromatic heterocycles. The Morgan fingerprint density at radius 1 is 1.22 bits per heavy atom. The summed E-state index contributed by atoms with van der Waals surface area (Å²) in [6.45, 7) is 1.87. The van der Waals surface area contributed by atoms with Crippen LogP contribution in [-0.4, -0.2) is 11.1 Å². The van der Waals surface area contributed by atoms with Crippen molar-refractivity contribution in [1.82, 2.24) is 0 Å². The van der Waals surface area contributed by atoms with Crippen LogP contribution in [0, 0.1) is 12.7 Å². The van der Waals surface area contributed by atoms with Crippen molar-refractivity contribution >= 4 is 17.6 Å². The van der Waals surface area contributed by atoms with Gasteiger partial charge in [-0.15, -0.1) is 0 Å². The van der Waals surface area contributed by atoms with E-state index in [2.05, 4.69) is 0 Å². The van der Waals surface area contributed by atoms with Gasteiger partial charge in [0, 0.05) is 5.02 Å². The van der Waals surface area contributed by atoms with Gasteiger partial charge in [-0.05, 0) is 47.9 Å². The monoisotopic (exact) mass is 264 g/mol. The number of hydrogen-bond acceptors (Lipinski definition) is 1. The summed E-state index contributed by atoms with van der Waals surface area (Å²) >= 11 is 5.85. The summed E-state index contributed by atoms with van der Waals surface area (Å²) in [4.78, 5) is 10.7. The molecule has 0 aliphatic carbocycles. The number of halogens is 2.